The van der Waals surface area contributed by atoms with Gasteiger partial charge in [-0.2, -0.15) is 10.1 Å². The highest BCUT2D eigenvalue weighted by atomic mass is 16.2. The summed E-state index contributed by atoms with van der Waals surface area (Å²) in [7, 11) is 0. The van der Waals surface area contributed by atoms with Crippen LogP contribution in [0.25, 0.3) is 0 Å². The lowest BCUT2D eigenvalue weighted by atomic mass is 10.1. The molecule has 0 N–H and O–H groups in total. The largest absolute Gasteiger partial charge is 0.282 e. The van der Waals surface area contributed by atoms with Gasteiger partial charge in [0, 0.05) is 6.21 Å². The number of hydrogen-bond acceptors (Lipinski definition) is 3. The van der Waals surface area contributed by atoms with Gasteiger partial charge in [-0.15, -0.1) is 0 Å². The van der Waals surface area contributed by atoms with Crippen LogP contribution in [-0.2, 0) is 6.42 Å². The normalized spacial score (nSPS) is 14.0. The molecule has 1 heterocycles. The monoisotopic (exact) mass is 278 g/mol. The molecule has 2 amide bonds. The van der Waals surface area contributed by atoms with Gasteiger partial charge in [-0.25, -0.2) is 0 Å². The van der Waals surface area contributed by atoms with Crippen LogP contribution in [0.15, 0.2) is 59.7 Å². The van der Waals surface area contributed by atoms with Crippen LogP contribution in [0.4, 0.5) is 0 Å². The second-order valence-electron chi connectivity index (χ2n) is 4.79. The highest BCUT2D eigenvalue weighted by molar-refractivity contribution is 6.21. The fourth-order valence-electron chi connectivity index (χ4n) is 2.30. The predicted octanol–water partition coefficient (Wildman–Crippen LogP) is 2.90. The first kappa shape index (κ1) is 13.2. The molecule has 104 valence electrons. The molecule has 2 aromatic rings. The van der Waals surface area contributed by atoms with Gasteiger partial charge >= 0.3 is 0 Å². The first-order chi connectivity index (χ1) is 10.3. The van der Waals surface area contributed by atoms with Gasteiger partial charge in [0.15, 0.2) is 0 Å². The summed E-state index contributed by atoms with van der Waals surface area (Å²) < 4.78 is 0. The smallest absolute Gasteiger partial charge is 0.267 e. The Morgan fingerprint density at radius 3 is 2.05 bits per heavy atom. The molecule has 4 heteroatoms. The average molecular weight is 278 g/mol. The lowest BCUT2D eigenvalue weighted by molar-refractivity contribution is 0.0659. The van der Waals surface area contributed by atoms with Crippen molar-refractivity contribution in [3.8, 4) is 0 Å². The predicted molar refractivity (Wildman–Crippen MR) is 80.2 cm³/mol. The van der Waals surface area contributed by atoms with Gasteiger partial charge < -0.3 is 0 Å². The Kier molecular flexibility index (Phi) is 3.60. The number of amides is 2. The number of benzene rings is 2. The SMILES string of the molecule is O=C1c2ccccc2C(=O)N1/N=C/CCc1ccccc1. The van der Waals surface area contributed by atoms with Crippen LogP contribution in [0.3, 0.4) is 0 Å². The van der Waals surface area contributed by atoms with Crippen LogP contribution >= 0.6 is 0 Å². The Morgan fingerprint density at radius 1 is 0.857 bits per heavy atom. The number of nitrogens with zero attached hydrogens (tertiary/aromatic N) is 2. The maximum atomic E-state index is 12.1. The topological polar surface area (TPSA) is 49.7 Å². The Labute approximate surface area is 122 Å². The molecule has 0 radical (unpaired) electrons. The van der Waals surface area contributed by atoms with E-state index in [1.807, 2.05) is 30.3 Å². The zero-order valence-electron chi connectivity index (χ0n) is 11.4. The minimum absolute atomic E-state index is 0.355. The van der Waals surface area contributed by atoms with Crippen LogP contribution < -0.4 is 0 Å². The molecule has 1 aliphatic heterocycles. The molecule has 0 fully saturated rings. The van der Waals surface area contributed by atoms with Gasteiger partial charge in [0.05, 0.1) is 11.1 Å². The van der Waals surface area contributed by atoms with Gasteiger partial charge in [-0.05, 0) is 30.5 Å². The summed E-state index contributed by atoms with van der Waals surface area (Å²) in [5, 5.41) is 4.96. The van der Waals surface area contributed by atoms with Gasteiger partial charge in [0.1, 0.15) is 0 Å². The molecule has 0 atom stereocenters. The number of hydrazone groups is 1. The second kappa shape index (κ2) is 5.71. The van der Waals surface area contributed by atoms with E-state index in [0.717, 1.165) is 11.4 Å². The third kappa shape index (κ3) is 2.60. The molecule has 0 saturated carbocycles. The van der Waals surface area contributed by atoms with Crippen molar-refractivity contribution in [3.05, 3.63) is 71.3 Å². The summed E-state index contributed by atoms with van der Waals surface area (Å²) >= 11 is 0. The average Bonchev–Trinajstić information content (AvgIpc) is 2.77. The molecule has 0 aliphatic carbocycles. The maximum absolute atomic E-state index is 12.1. The molecule has 0 spiro atoms. The zero-order chi connectivity index (χ0) is 14.7. The third-order valence-electron chi connectivity index (χ3n) is 3.37. The molecule has 4 nitrogen and oxygen atoms in total. The van der Waals surface area contributed by atoms with Crippen molar-refractivity contribution >= 4 is 18.0 Å². The molecule has 3 rings (SSSR count). The van der Waals surface area contributed by atoms with Crippen molar-refractivity contribution < 1.29 is 9.59 Å². The van der Waals surface area contributed by atoms with Crippen LogP contribution in [0.5, 0.6) is 0 Å². The molecule has 2 aromatic carbocycles. The van der Waals surface area contributed by atoms with Crippen molar-refractivity contribution in [3.63, 3.8) is 0 Å². The van der Waals surface area contributed by atoms with Crippen molar-refractivity contribution in [2.75, 3.05) is 0 Å². The Hall–Kier alpha value is -2.75. The number of carbonyl (C=O) groups is 2. The maximum Gasteiger partial charge on any atom is 0.282 e. The van der Waals surface area contributed by atoms with E-state index >= 15 is 0 Å². The van der Waals surface area contributed by atoms with E-state index in [2.05, 4.69) is 5.10 Å². The minimum Gasteiger partial charge on any atom is -0.267 e. The summed E-state index contributed by atoms with van der Waals surface area (Å²) in [6.07, 6.45) is 3.12. The molecule has 0 unspecified atom stereocenters. The van der Waals surface area contributed by atoms with Crippen molar-refractivity contribution in [2.24, 2.45) is 5.10 Å². The van der Waals surface area contributed by atoms with Crippen molar-refractivity contribution in [1.29, 1.82) is 0 Å². The van der Waals surface area contributed by atoms with Gasteiger partial charge in [-0.1, -0.05) is 42.5 Å². The third-order valence-corrected chi connectivity index (χ3v) is 3.37. The lowest BCUT2D eigenvalue weighted by Gasteiger charge is -2.05. The Bertz CT molecular complexity index is 673. The fourth-order valence-corrected chi connectivity index (χ4v) is 2.30. The van der Waals surface area contributed by atoms with E-state index in [0.29, 0.717) is 17.5 Å². The van der Waals surface area contributed by atoms with E-state index in [1.54, 1.807) is 30.5 Å². The van der Waals surface area contributed by atoms with Crippen molar-refractivity contribution in [1.82, 2.24) is 5.01 Å². The summed E-state index contributed by atoms with van der Waals surface area (Å²) in [5.41, 5.74) is 2.04. The summed E-state index contributed by atoms with van der Waals surface area (Å²) in [4.78, 5) is 24.1. The van der Waals surface area contributed by atoms with E-state index in [9.17, 15) is 9.59 Å². The van der Waals surface area contributed by atoms with Crippen molar-refractivity contribution in [2.45, 2.75) is 12.8 Å². The summed E-state index contributed by atoms with van der Waals surface area (Å²) in [5.74, 6) is -0.710. The Morgan fingerprint density at radius 2 is 1.43 bits per heavy atom. The number of carbonyl (C=O) groups excluding carboxylic acids is 2. The standard InChI is InChI=1S/C17H14N2O2/c20-16-14-10-4-5-11-15(14)17(21)19(16)18-12-6-9-13-7-2-1-3-8-13/h1-5,7-8,10-12H,6,9H2/b18-12+. The quantitative estimate of drug-likeness (QED) is 0.638. The molecule has 0 bridgehead atoms. The molecule has 1 aliphatic rings. The summed E-state index contributed by atoms with van der Waals surface area (Å²) in [6.45, 7) is 0. The van der Waals surface area contributed by atoms with Crippen LogP contribution in [0, 0.1) is 0 Å². The number of rotatable bonds is 4. The van der Waals surface area contributed by atoms with E-state index in [1.165, 1.54) is 5.56 Å². The number of aryl methyl sites for hydroxylation is 1. The lowest BCUT2D eigenvalue weighted by Crippen LogP contribution is -2.23. The van der Waals surface area contributed by atoms with Gasteiger partial charge in [-0.3, -0.25) is 9.59 Å². The van der Waals surface area contributed by atoms with E-state index < -0.39 is 0 Å². The van der Waals surface area contributed by atoms with Gasteiger partial charge in [0.25, 0.3) is 11.8 Å². The minimum atomic E-state index is -0.355. The number of imide groups is 1. The first-order valence-electron chi connectivity index (χ1n) is 6.81. The highest BCUT2D eigenvalue weighted by Gasteiger charge is 2.34. The van der Waals surface area contributed by atoms with E-state index in [-0.39, 0.29) is 11.8 Å². The molecule has 21 heavy (non-hydrogen) atoms. The van der Waals surface area contributed by atoms with E-state index in [4.69, 9.17) is 0 Å². The number of fused-ring (bicyclic) bond motifs is 1. The molecule has 0 aromatic heterocycles. The number of hydrogen-bond donors (Lipinski definition) is 0. The highest BCUT2D eigenvalue weighted by Crippen LogP contribution is 2.22. The molecule has 0 saturated heterocycles. The first-order valence-corrected chi connectivity index (χ1v) is 6.81. The fraction of sp³-hybridized carbons (Fsp3) is 0.118. The summed E-state index contributed by atoms with van der Waals surface area (Å²) in [6, 6.07) is 16.8. The zero-order valence-corrected chi connectivity index (χ0v) is 11.4. The second-order valence-corrected chi connectivity index (χ2v) is 4.79. The van der Waals surface area contributed by atoms with Gasteiger partial charge in [0.2, 0.25) is 0 Å². The van der Waals surface area contributed by atoms with Crippen LogP contribution in [0.1, 0.15) is 32.7 Å². The van der Waals surface area contributed by atoms with Crippen LogP contribution in [-0.4, -0.2) is 23.0 Å². The molecular weight excluding hydrogens is 264 g/mol. The molecular formula is C17H14N2O2. The van der Waals surface area contributed by atoms with Crippen LogP contribution in [0.2, 0.25) is 0 Å². The Balaban J connectivity index is 1.65.